The number of hydrogen-bond donors (Lipinski definition) is 1. The highest BCUT2D eigenvalue weighted by Gasteiger charge is 2.39. The number of aliphatic imine (C=N–C) groups is 2. The highest BCUT2D eigenvalue weighted by molar-refractivity contribution is 6.02. The molecule has 0 spiro atoms. The monoisotopic (exact) mass is 485 g/mol. The van der Waals surface area contributed by atoms with Gasteiger partial charge in [0, 0.05) is 23.9 Å². The van der Waals surface area contributed by atoms with E-state index in [9.17, 15) is 0 Å². The first-order valence-corrected chi connectivity index (χ1v) is 12.9. The standard InChI is InChI=1S/C33H31N3O/c1-33(2,3)26-16-8-11-19-29(26)34-21-23-13-5-9-17-27(23)35-28-18-10-7-15-25(28)32-36-31-24-14-6-4-12-22(24)20-30(31)37-32/h4-19,21,30-31,35H,20H2,1-3H3/t30-,31+/m1/s1. The SMILES string of the molecule is CC(C)(C)c1ccccc1N=Cc1ccccc1Nc1ccccc1C1=N[C@H]2c3ccccc3C[C@H]2O1. The molecule has 37 heavy (non-hydrogen) atoms. The summed E-state index contributed by atoms with van der Waals surface area (Å²) in [5.41, 5.74) is 8.79. The summed E-state index contributed by atoms with van der Waals surface area (Å²) in [6.45, 7) is 6.65. The summed E-state index contributed by atoms with van der Waals surface area (Å²) < 4.78 is 6.40. The summed E-state index contributed by atoms with van der Waals surface area (Å²) in [5.74, 6) is 0.706. The fourth-order valence-corrected chi connectivity index (χ4v) is 5.24. The molecule has 1 N–H and O–H groups in total. The van der Waals surface area contributed by atoms with Gasteiger partial charge in [-0.05, 0) is 46.4 Å². The highest BCUT2D eigenvalue weighted by atomic mass is 16.5. The van der Waals surface area contributed by atoms with Gasteiger partial charge >= 0.3 is 0 Å². The molecule has 0 saturated heterocycles. The van der Waals surface area contributed by atoms with Crippen molar-refractivity contribution in [3.8, 4) is 0 Å². The van der Waals surface area contributed by atoms with Crippen LogP contribution in [0.1, 0.15) is 54.6 Å². The van der Waals surface area contributed by atoms with Crippen LogP contribution in [0.2, 0.25) is 0 Å². The normalized spacial score (nSPS) is 18.3. The van der Waals surface area contributed by atoms with Gasteiger partial charge in [0.1, 0.15) is 12.1 Å². The van der Waals surface area contributed by atoms with E-state index in [1.807, 2.05) is 36.5 Å². The first-order chi connectivity index (χ1) is 18.0. The minimum atomic E-state index is 0.0193. The minimum Gasteiger partial charge on any atom is -0.471 e. The number of ether oxygens (including phenoxy) is 1. The van der Waals surface area contributed by atoms with E-state index in [4.69, 9.17) is 14.7 Å². The predicted octanol–water partition coefficient (Wildman–Crippen LogP) is 7.92. The number of nitrogens with zero attached hydrogens (tertiary/aromatic N) is 2. The Morgan fingerprint density at radius 3 is 2.41 bits per heavy atom. The molecule has 4 aromatic rings. The van der Waals surface area contributed by atoms with E-state index < -0.39 is 0 Å². The average molecular weight is 486 g/mol. The summed E-state index contributed by atoms with van der Waals surface area (Å²) in [7, 11) is 0. The van der Waals surface area contributed by atoms with Crippen LogP contribution >= 0.6 is 0 Å². The van der Waals surface area contributed by atoms with Gasteiger partial charge in [0.15, 0.2) is 0 Å². The molecule has 0 amide bonds. The van der Waals surface area contributed by atoms with Gasteiger partial charge in [-0.25, -0.2) is 4.99 Å². The number of nitrogens with one attached hydrogen (secondary N) is 1. The van der Waals surface area contributed by atoms with Crippen molar-refractivity contribution in [1.82, 2.24) is 0 Å². The van der Waals surface area contributed by atoms with Gasteiger partial charge in [-0.1, -0.05) is 93.6 Å². The molecule has 6 rings (SSSR count). The Balaban J connectivity index is 1.30. The maximum absolute atomic E-state index is 6.40. The Morgan fingerprint density at radius 1 is 0.838 bits per heavy atom. The molecule has 1 heterocycles. The van der Waals surface area contributed by atoms with Crippen LogP contribution in [0.25, 0.3) is 0 Å². The molecule has 2 aliphatic rings. The number of benzene rings is 4. The van der Waals surface area contributed by atoms with Gasteiger partial charge in [-0.2, -0.15) is 0 Å². The van der Waals surface area contributed by atoms with E-state index in [0.29, 0.717) is 5.90 Å². The molecular formula is C33H31N3O. The van der Waals surface area contributed by atoms with Gasteiger partial charge in [0.05, 0.1) is 16.9 Å². The average Bonchev–Trinajstić information content (AvgIpc) is 3.46. The lowest BCUT2D eigenvalue weighted by Gasteiger charge is -2.20. The zero-order chi connectivity index (χ0) is 25.4. The van der Waals surface area contributed by atoms with Crippen molar-refractivity contribution in [3.63, 3.8) is 0 Å². The lowest BCUT2D eigenvalue weighted by molar-refractivity contribution is 0.206. The second kappa shape index (κ2) is 9.36. The van der Waals surface area contributed by atoms with Crippen LogP contribution in [0.15, 0.2) is 107 Å². The highest BCUT2D eigenvalue weighted by Crippen LogP contribution is 2.41. The molecule has 4 heteroatoms. The van der Waals surface area contributed by atoms with Gasteiger partial charge in [-0.15, -0.1) is 0 Å². The van der Waals surface area contributed by atoms with E-state index >= 15 is 0 Å². The minimum absolute atomic E-state index is 0.0193. The van der Waals surface area contributed by atoms with Crippen LogP contribution in [0.5, 0.6) is 0 Å². The molecule has 0 fully saturated rings. The second-order valence-corrected chi connectivity index (χ2v) is 10.7. The third-order valence-corrected chi connectivity index (χ3v) is 7.11. The zero-order valence-electron chi connectivity index (χ0n) is 21.5. The van der Waals surface area contributed by atoms with E-state index in [2.05, 4.69) is 92.8 Å². The Kier molecular flexibility index (Phi) is 5.88. The van der Waals surface area contributed by atoms with Crippen molar-refractivity contribution >= 4 is 29.2 Å². The molecule has 0 saturated carbocycles. The maximum atomic E-state index is 6.40. The van der Waals surface area contributed by atoms with Crippen molar-refractivity contribution in [2.24, 2.45) is 9.98 Å². The van der Waals surface area contributed by atoms with Crippen LogP contribution in [-0.4, -0.2) is 18.2 Å². The molecule has 0 radical (unpaired) electrons. The summed E-state index contributed by atoms with van der Waals surface area (Å²) >= 11 is 0. The molecular weight excluding hydrogens is 454 g/mol. The molecule has 4 nitrogen and oxygen atoms in total. The van der Waals surface area contributed by atoms with Crippen molar-refractivity contribution in [1.29, 1.82) is 0 Å². The zero-order valence-corrected chi connectivity index (χ0v) is 21.5. The Bertz CT molecular complexity index is 1510. The molecule has 0 aromatic heterocycles. The van der Waals surface area contributed by atoms with E-state index in [-0.39, 0.29) is 17.6 Å². The summed E-state index contributed by atoms with van der Waals surface area (Å²) in [6, 6.07) is 33.4. The molecule has 0 unspecified atom stereocenters. The second-order valence-electron chi connectivity index (χ2n) is 10.7. The van der Waals surface area contributed by atoms with Crippen molar-refractivity contribution in [3.05, 3.63) is 125 Å². The molecule has 0 bridgehead atoms. The third-order valence-electron chi connectivity index (χ3n) is 7.11. The quantitative estimate of drug-likeness (QED) is 0.292. The van der Waals surface area contributed by atoms with Crippen LogP contribution < -0.4 is 5.32 Å². The third kappa shape index (κ3) is 4.55. The lowest BCUT2D eigenvalue weighted by atomic mass is 9.86. The fraction of sp³-hybridized carbons (Fsp3) is 0.212. The molecule has 2 atom stereocenters. The first-order valence-electron chi connectivity index (χ1n) is 12.9. The fourth-order valence-electron chi connectivity index (χ4n) is 5.24. The van der Waals surface area contributed by atoms with E-state index in [0.717, 1.165) is 34.6 Å². The van der Waals surface area contributed by atoms with E-state index in [1.165, 1.54) is 16.7 Å². The van der Waals surface area contributed by atoms with Crippen molar-refractivity contribution < 1.29 is 4.74 Å². The topological polar surface area (TPSA) is 46.0 Å². The number of anilines is 2. The summed E-state index contributed by atoms with van der Waals surface area (Å²) in [5, 5.41) is 3.63. The van der Waals surface area contributed by atoms with E-state index in [1.54, 1.807) is 0 Å². The molecule has 184 valence electrons. The van der Waals surface area contributed by atoms with Gasteiger partial charge in [0.25, 0.3) is 0 Å². The number of para-hydroxylation sites is 3. The van der Waals surface area contributed by atoms with Crippen molar-refractivity contribution in [2.75, 3.05) is 5.32 Å². The Morgan fingerprint density at radius 2 is 1.54 bits per heavy atom. The maximum Gasteiger partial charge on any atom is 0.219 e. The van der Waals surface area contributed by atoms with Gasteiger partial charge in [-0.3, -0.25) is 4.99 Å². The summed E-state index contributed by atoms with van der Waals surface area (Å²) in [4.78, 5) is 9.91. The predicted molar refractivity (Wildman–Crippen MR) is 153 cm³/mol. The lowest BCUT2D eigenvalue weighted by Crippen LogP contribution is -2.14. The Hall–Kier alpha value is -4.18. The number of hydrogen-bond acceptors (Lipinski definition) is 4. The molecule has 1 aliphatic carbocycles. The van der Waals surface area contributed by atoms with Crippen LogP contribution in [0, 0.1) is 0 Å². The van der Waals surface area contributed by atoms with Crippen molar-refractivity contribution in [2.45, 2.75) is 44.8 Å². The largest absolute Gasteiger partial charge is 0.471 e. The number of fused-ring (bicyclic) bond motifs is 3. The van der Waals surface area contributed by atoms with Gasteiger partial charge < -0.3 is 10.1 Å². The van der Waals surface area contributed by atoms with Crippen LogP contribution in [0.4, 0.5) is 17.1 Å². The number of rotatable bonds is 5. The first kappa shape index (κ1) is 23.2. The van der Waals surface area contributed by atoms with Crippen LogP contribution in [0.3, 0.4) is 0 Å². The molecule has 1 aliphatic heterocycles. The Labute approximate surface area is 218 Å². The smallest absolute Gasteiger partial charge is 0.219 e. The van der Waals surface area contributed by atoms with Gasteiger partial charge in [0.2, 0.25) is 5.90 Å². The van der Waals surface area contributed by atoms with Crippen LogP contribution in [-0.2, 0) is 16.6 Å². The molecule has 4 aromatic carbocycles. The summed E-state index contributed by atoms with van der Waals surface area (Å²) in [6.07, 6.45) is 2.92.